The van der Waals surface area contributed by atoms with Crippen molar-refractivity contribution in [3.05, 3.63) is 35.9 Å². The number of halogens is 3. The number of hydrogen-bond acceptors (Lipinski definition) is 1. The van der Waals surface area contributed by atoms with Crippen molar-refractivity contribution in [2.24, 2.45) is 0 Å². The lowest BCUT2D eigenvalue weighted by Gasteiger charge is -2.07. The molecule has 0 bridgehead atoms. The standard InChI is InChI=1S/C8H7F3O2S/c9-8(10,11)14(12,13)6-7-4-2-1-3-5-7/h1-6H,(H,12,13). The maximum atomic E-state index is 12.0. The number of rotatable bonds is 1. The summed E-state index contributed by atoms with van der Waals surface area (Å²) in [6.45, 7) is 0. The minimum atomic E-state index is -5.12. The van der Waals surface area contributed by atoms with Gasteiger partial charge in [0.2, 0.25) is 0 Å². The van der Waals surface area contributed by atoms with Crippen molar-refractivity contribution in [2.45, 2.75) is 5.51 Å². The molecule has 1 aromatic carbocycles. The summed E-state index contributed by atoms with van der Waals surface area (Å²) >= 11 is 0. The van der Waals surface area contributed by atoms with Crippen molar-refractivity contribution in [1.29, 1.82) is 0 Å². The van der Waals surface area contributed by atoms with E-state index in [1.807, 2.05) is 0 Å². The van der Waals surface area contributed by atoms with Gasteiger partial charge in [-0.2, -0.15) is 13.2 Å². The van der Waals surface area contributed by atoms with Crippen molar-refractivity contribution in [2.75, 3.05) is 0 Å². The van der Waals surface area contributed by atoms with E-state index in [4.69, 9.17) is 4.55 Å². The molecule has 14 heavy (non-hydrogen) atoms. The van der Waals surface area contributed by atoms with Crippen molar-refractivity contribution >= 4 is 15.2 Å². The zero-order valence-corrected chi connectivity index (χ0v) is 7.68. The predicted molar refractivity (Wildman–Crippen MR) is 48.4 cm³/mol. The molecule has 0 saturated carbocycles. The van der Waals surface area contributed by atoms with Gasteiger partial charge in [0.1, 0.15) is 0 Å². The van der Waals surface area contributed by atoms with Crippen LogP contribution in [-0.2, 0) is 9.80 Å². The lowest BCUT2D eigenvalue weighted by molar-refractivity contribution is -0.0456. The highest BCUT2D eigenvalue weighted by atomic mass is 32.2. The van der Waals surface area contributed by atoms with E-state index in [2.05, 4.69) is 0 Å². The van der Waals surface area contributed by atoms with Crippen LogP contribution in [0.5, 0.6) is 0 Å². The Morgan fingerprint density at radius 2 is 1.71 bits per heavy atom. The van der Waals surface area contributed by atoms with Crippen LogP contribution in [0.15, 0.2) is 30.3 Å². The van der Waals surface area contributed by atoms with Crippen LogP contribution in [0.4, 0.5) is 13.2 Å². The number of hydrogen-bond donors (Lipinski definition) is 1. The van der Waals surface area contributed by atoms with Crippen LogP contribution in [0.3, 0.4) is 0 Å². The average Bonchev–Trinajstić information content (AvgIpc) is 2.03. The molecule has 0 aliphatic heterocycles. The molecule has 6 heteroatoms. The van der Waals surface area contributed by atoms with E-state index in [0.717, 1.165) is 0 Å². The maximum absolute atomic E-state index is 12.0. The number of alkyl halides is 3. The van der Waals surface area contributed by atoms with Crippen LogP contribution in [0.1, 0.15) is 5.56 Å². The first-order valence-electron chi connectivity index (χ1n) is 3.56. The van der Waals surface area contributed by atoms with Gasteiger partial charge in [0.15, 0.2) is 9.80 Å². The molecule has 2 nitrogen and oxygen atoms in total. The van der Waals surface area contributed by atoms with Gasteiger partial charge in [0.25, 0.3) is 0 Å². The Kier molecular flexibility index (Phi) is 2.86. The smallest absolute Gasteiger partial charge is 0.307 e. The SMILES string of the molecule is O=S(O)(=Cc1ccccc1)C(F)(F)F. The van der Waals surface area contributed by atoms with E-state index in [0.29, 0.717) is 5.37 Å². The molecule has 1 N–H and O–H groups in total. The fourth-order valence-corrected chi connectivity index (χ4v) is 1.44. The molecule has 1 rings (SSSR count). The average molecular weight is 224 g/mol. The second-order valence-corrected chi connectivity index (χ2v) is 4.38. The first-order valence-corrected chi connectivity index (χ1v) is 5.13. The molecule has 0 aliphatic carbocycles. The highest BCUT2D eigenvalue weighted by Gasteiger charge is 2.40. The normalized spacial score (nSPS) is 16.0. The van der Waals surface area contributed by atoms with Gasteiger partial charge >= 0.3 is 5.51 Å². The van der Waals surface area contributed by atoms with Crippen LogP contribution in [0, 0.1) is 0 Å². The Hall–Kier alpha value is -1.01. The van der Waals surface area contributed by atoms with Crippen LogP contribution >= 0.6 is 0 Å². The summed E-state index contributed by atoms with van der Waals surface area (Å²) in [7, 11) is -4.93. The molecule has 0 aliphatic rings. The molecular formula is C8H7F3O2S. The quantitative estimate of drug-likeness (QED) is 0.742. The summed E-state index contributed by atoms with van der Waals surface area (Å²) in [6, 6.07) is 7.21. The first kappa shape index (κ1) is 11.1. The molecule has 0 saturated heterocycles. The maximum Gasteiger partial charge on any atom is 0.487 e. The van der Waals surface area contributed by atoms with Gasteiger partial charge in [-0.15, -0.1) is 0 Å². The van der Waals surface area contributed by atoms with Gasteiger partial charge < -0.3 is 4.55 Å². The Morgan fingerprint density at radius 3 is 2.14 bits per heavy atom. The van der Waals surface area contributed by atoms with E-state index >= 15 is 0 Å². The van der Waals surface area contributed by atoms with Crippen LogP contribution in [-0.4, -0.2) is 19.6 Å². The lowest BCUT2D eigenvalue weighted by Crippen LogP contribution is -2.24. The number of benzene rings is 1. The van der Waals surface area contributed by atoms with E-state index in [-0.39, 0.29) is 5.56 Å². The summed E-state index contributed by atoms with van der Waals surface area (Å²) in [5.74, 6) is 0. The molecule has 0 spiro atoms. The molecule has 0 aromatic heterocycles. The molecule has 0 heterocycles. The van der Waals surface area contributed by atoms with E-state index in [1.54, 1.807) is 6.07 Å². The second-order valence-electron chi connectivity index (χ2n) is 2.54. The van der Waals surface area contributed by atoms with Crippen molar-refractivity contribution in [3.8, 4) is 0 Å². The highest BCUT2D eigenvalue weighted by molar-refractivity contribution is 7.97. The zero-order chi connectivity index (χ0) is 10.8. The van der Waals surface area contributed by atoms with Crippen molar-refractivity contribution in [3.63, 3.8) is 0 Å². The van der Waals surface area contributed by atoms with Crippen molar-refractivity contribution < 1.29 is 21.9 Å². The lowest BCUT2D eigenvalue weighted by atomic mass is 10.2. The van der Waals surface area contributed by atoms with Gasteiger partial charge in [-0.05, 0) is 5.56 Å². The first-order chi connectivity index (χ1) is 6.33. The largest absolute Gasteiger partial charge is 0.487 e. The third-order valence-corrected chi connectivity index (χ3v) is 2.68. The van der Waals surface area contributed by atoms with E-state index in [9.17, 15) is 17.4 Å². The molecule has 0 amide bonds. The predicted octanol–water partition coefficient (Wildman–Crippen LogP) is 2.11. The Morgan fingerprint density at radius 1 is 1.21 bits per heavy atom. The summed E-state index contributed by atoms with van der Waals surface area (Å²) in [5.41, 5.74) is -5.06. The molecule has 1 aromatic rings. The third kappa shape index (κ3) is 2.49. The summed E-state index contributed by atoms with van der Waals surface area (Å²) < 4.78 is 55.3. The zero-order valence-electron chi connectivity index (χ0n) is 6.86. The molecule has 1 unspecified atom stereocenters. The molecule has 0 fully saturated rings. The fourth-order valence-electron chi connectivity index (χ4n) is 0.783. The Labute approximate surface area is 79.2 Å². The van der Waals surface area contributed by atoms with Gasteiger partial charge in [-0.3, -0.25) is 0 Å². The van der Waals surface area contributed by atoms with Gasteiger partial charge in [-0.1, -0.05) is 30.3 Å². The Bertz CT molecular complexity index is 416. The van der Waals surface area contributed by atoms with Crippen LogP contribution in [0.25, 0.3) is 0 Å². The topological polar surface area (TPSA) is 37.3 Å². The summed E-state index contributed by atoms with van der Waals surface area (Å²) in [4.78, 5) is 0. The van der Waals surface area contributed by atoms with E-state index < -0.39 is 15.3 Å². The van der Waals surface area contributed by atoms with Crippen LogP contribution < -0.4 is 0 Å². The second kappa shape index (κ2) is 3.62. The Balaban J connectivity index is 3.18. The van der Waals surface area contributed by atoms with Crippen molar-refractivity contribution in [1.82, 2.24) is 0 Å². The summed E-state index contributed by atoms with van der Waals surface area (Å²) in [5, 5.41) is 0.312. The minimum absolute atomic E-state index is 0.0670. The van der Waals surface area contributed by atoms with Crippen LogP contribution in [0.2, 0.25) is 0 Å². The third-order valence-electron chi connectivity index (χ3n) is 1.43. The summed E-state index contributed by atoms with van der Waals surface area (Å²) in [6.07, 6.45) is 0. The van der Waals surface area contributed by atoms with E-state index in [1.165, 1.54) is 24.3 Å². The highest BCUT2D eigenvalue weighted by Crippen LogP contribution is 2.22. The molecule has 78 valence electrons. The van der Waals surface area contributed by atoms with Gasteiger partial charge in [-0.25, -0.2) is 4.21 Å². The monoisotopic (exact) mass is 224 g/mol. The molecular weight excluding hydrogens is 217 g/mol. The molecule has 1 atom stereocenters. The minimum Gasteiger partial charge on any atom is -0.307 e. The fraction of sp³-hybridized carbons (Fsp3) is 0.125. The molecule has 0 radical (unpaired) electrons. The van der Waals surface area contributed by atoms with Gasteiger partial charge in [0.05, 0.1) is 0 Å². The van der Waals surface area contributed by atoms with Gasteiger partial charge in [0, 0.05) is 5.37 Å².